The standard InChI is InChI=1S/C26H28O3/c1-14-11-22(28)16(3)18(5)24(14)26(21-9-7-20(13-27)8-10-21)25-15(2)12-23(29)17(4)19(25)6/h7-13,26,28-29H,1-6H3. The normalized spacial score (nSPS) is 11.1. The summed E-state index contributed by atoms with van der Waals surface area (Å²) in [5, 5.41) is 20.6. The van der Waals surface area contributed by atoms with E-state index in [1.165, 1.54) is 0 Å². The molecule has 0 saturated carbocycles. The number of carbonyl (C=O) groups excluding carboxylic acids is 1. The van der Waals surface area contributed by atoms with E-state index in [1.807, 2.05) is 77.9 Å². The highest BCUT2D eigenvalue weighted by Gasteiger charge is 2.26. The van der Waals surface area contributed by atoms with Gasteiger partial charge in [-0.25, -0.2) is 0 Å². The molecule has 3 rings (SSSR count). The lowest BCUT2D eigenvalue weighted by molar-refractivity contribution is 0.112. The molecule has 0 aliphatic carbocycles. The highest BCUT2D eigenvalue weighted by molar-refractivity contribution is 5.75. The van der Waals surface area contributed by atoms with Gasteiger partial charge < -0.3 is 10.2 Å². The van der Waals surface area contributed by atoms with Crippen LogP contribution in [0.1, 0.15) is 66.3 Å². The fraction of sp³-hybridized carbons (Fsp3) is 0.269. The molecule has 3 heteroatoms. The summed E-state index contributed by atoms with van der Waals surface area (Å²) in [4.78, 5) is 11.2. The third kappa shape index (κ3) is 3.53. The van der Waals surface area contributed by atoms with Crippen LogP contribution in [0.4, 0.5) is 0 Å². The van der Waals surface area contributed by atoms with E-state index in [0.717, 1.165) is 56.4 Å². The molecule has 0 spiro atoms. The van der Waals surface area contributed by atoms with Crippen molar-refractivity contribution in [2.45, 2.75) is 47.5 Å². The Labute approximate surface area is 172 Å². The van der Waals surface area contributed by atoms with Crippen LogP contribution in [0.25, 0.3) is 0 Å². The van der Waals surface area contributed by atoms with Gasteiger partial charge in [-0.05, 0) is 104 Å². The minimum atomic E-state index is -0.0747. The average molecular weight is 389 g/mol. The largest absolute Gasteiger partial charge is 0.508 e. The molecule has 0 saturated heterocycles. The molecule has 0 aliphatic heterocycles. The Morgan fingerprint density at radius 3 is 1.48 bits per heavy atom. The van der Waals surface area contributed by atoms with E-state index < -0.39 is 0 Å². The molecule has 29 heavy (non-hydrogen) atoms. The van der Waals surface area contributed by atoms with Crippen LogP contribution in [0, 0.1) is 41.5 Å². The maximum absolute atomic E-state index is 11.2. The molecule has 0 atom stereocenters. The minimum absolute atomic E-state index is 0.0747. The molecule has 3 aromatic carbocycles. The zero-order valence-electron chi connectivity index (χ0n) is 17.9. The Bertz CT molecular complexity index is 1030. The van der Waals surface area contributed by atoms with Gasteiger partial charge in [0.05, 0.1) is 0 Å². The van der Waals surface area contributed by atoms with Gasteiger partial charge in [0.15, 0.2) is 0 Å². The molecule has 0 aromatic heterocycles. The van der Waals surface area contributed by atoms with Crippen LogP contribution < -0.4 is 0 Å². The van der Waals surface area contributed by atoms with Crippen LogP contribution in [0.15, 0.2) is 36.4 Å². The molecule has 0 unspecified atom stereocenters. The quantitative estimate of drug-likeness (QED) is 0.429. The number of carbonyl (C=O) groups is 1. The smallest absolute Gasteiger partial charge is 0.150 e. The van der Waals surface area contributed by atoms with Gasteiger partial charge in [0.25, 0.3) is 0 Å². The molecule has 2 N–H and O–H groups in total. The van der Waals surface area contributed by atoms with Crippen molar-refractivity contribution in [1.82, 2.24) is 0 Å². The Balaban J connectivity index is 2.41. The van der Waals surface area contributed by atoms with Crippen molar-refractivity contribution in [2.24, 2.45) is 0 Å². The maximum atomic E-state index is 11.2. The fourth-order valence-electron chi connectivity index (χ4n) is 4.29. The summed E-state index contributed by atoms with van der Waals surface area (Å²) < 4.78 is 0. The molecular weight excluding hydrogens is 360 g/mol. The van der Waals surface area contributed by atoms with E-state index in [1.54, 1.807) is 0 Å². The molecule has 0 radical (unpaired) electrons. The van der Waals surface area contributed by atoms with Crippen LogP contribution in [0.3, 0.4) is 0 Å². The highest BCUT2D eigenvalue weighted by atomic mass is 16.3. The van der Waals surface area contributed by atoms with E-state index in [-0.39, 0.29) is 5.92 Å². The van der Waals surface area contributed by atoms with Gasteiger partial charge in [-0.1, -0.05) is 24.3 Å². The van der Waals surface area contributed by atoms with Crippen LogP contribution in [-0.2, 0) is 0 Å². The summed E-state index contributed by atoms with van der Waals surface area (Å²) in [5.74, 6) is 0.526. The van der Waals surface area contributed by atoms with E-state index in [0.29, 0.717) is 17.1 Å². The predicted molar refractivity (Wildman–Crippen MR) is 117 cm³/mol. The van der Waals surface area contributed by atoms with Crippen molar-refractivity contribution in [2.75, 3.05) is 0 Å². The van der Waals surface area contributed by atoms with Gasteiger partial charge in [0.2, 0.25) is 0 Å². The number of aldehydes is 1. The van der Waals surface area contributed by atoms with Gasteiger partial charge in [0, 0.05) is 11.5 Å². The second kappa shape index (κ2) is 7.75. The zero-order chi connectivity index (χ0) is 21.5. The molecule has 3 aromatic rings. The van der Waals surface area contributed by atoms with E-state index in [4.69, 9.17) is 0 Å². The van der Waals surface area contributed by atoms with Crippen molar-refractivity contribution in [3.8, 4) is 11.5 Å². The van der Waals surface area contributed by atoms with Crippen molar-refractivity contribution >= 4 is 6.29 Å². The van der Waals surface area contributed by atoms with E-state index in [9.17, 15) is 15.0 Å². The molecule has 0 heterocycles. The molecule has 3 nitrogen and oxygen atoms in total. The zero-order valence-corrected chi connectivity index (χ0v) is 17.9. The lowest BCUT2D eigenvalue weighted by atomic mass is 9.76. The van der Waals surface area contributed by atoms with Crippen LogP contribution in [0.5, 0.6) is 11.5 Å². The second-order valence-corrected chi connectivity index (χ2v) is 7.97. The van der Waals surface area contributed by atoms with Crippen molar-refractivity contribution in [1.29, 1.82) is 0 Å². The summed E-state index contributed by atoms with van der Waals surface area (Å²) in [7, 11) is 0. The number of hydrogen-bond donors (Lipinski definition) is 2. The lowest BCUT2D eigenvalue weighted by Crippen LogP contribution is -2.12. The SMILES string of the molecule is Cc1cc(O)c(C)c(C)c1C(c1ccc(C=O)cc1)c1c(C)cc(O)c(C)c1C. The van der Waals surface area contributed by atoms with Crippen LogP contribution in [-0.4, -0.2) is 16.5 Å². The Morgan fingerprint density at radius 2 is 1.10 bits per heavy atom. The monoisotopic (exact) mass is 388 g/mol. The van der Waals surface area contributed by atoms with Crippen molar-refractivity contribution in [3.63, 3.8) is 0 Å². The topological polar surface area (TPSA) is 57.5 Å². The number of aromatic hydroxyl groups is 2. The number of hydrogen-bond acceptors (Lipinski definition) is 3. The van der Waals surface area contributed by atoms with E-state index in [2.05, 4.69) is 0 Å². The first-order chi connectivity index (χ1) is 13.7. The summed E-state index contributed by atoms with van der Waals surface area (Å²) >= 11 is 0. The molecule has 0 amide bonds. The van der Waals surface area contributed by atoms with Gasteiger partial charge in [-0.3, -0.25) is 4.79 Å². The predicted octanol–water partition coefficient (Wildman–Crippen LogP) is 5.94. The van der Waals surface area contributed by atoms with Gasteiger partial charge in [-0.15, -0.1) is 0 Å². The Hall–Kier alpha value is -3.07. The van der Waals surface area contributed by atoms with Crippen molar-refractivity contribution < 1.29 is 15.0 Å². The molecule has 0 fully saturated rings. The molecule has 0 aliphatic rings. The van der Waals surface area contributed by atoms with Crippen LogP contribution >= 0.6 is 0 Å². The lowest BCUT2D eigenvalue weighted by Gasteiger charge is -2.28. The number of aryl methyl sites for hydroxylation is 2. The molecular formula is C26H28O3. The average Bonchev–Trinajstić information content (AvgIpc) is 2.69. The maximum Gasteiger partial charge on any atom is 0.150 e. The number of phenols is 2. The van der Waals surface area contributed by atoms with Gasteiger partial charge in [-0.2, -0.15) is 0 Å². The number of rotatable bonds is 4. The third-order valence-electron chi connectivity index (χ3n) is 6.24. The minimum Gasteiger partial charge on any atom is -0.508 e. The van der Waals surface area contributed by atoms with Crippen molar-refractivity contribution in [3.05, 3.63) is 92.0 Å². The van der Waals surface area contributed by atoms with Gasteiger partial charge in [0.1, 0.15) is 17.8 Å². The van der Waals surface area contributed by atoms with Gasteiger partial charge >= 0.3 is 0 Å². The Kier molecular flexibility index (Phi) is 5.52. The summed E-state index contributed by atoms with van der Waals surface area (Å²) in [6.07, 6.45) is 0.848. The third-order valence-corrected chi connectivity index (χ3v) is 6.24. The summed E-state index contributed by atoms with van der Waals surface area (Å²) in [6, 6.07) is 11.3. The first-order valence-corrected chi connectivity index (χ1v) is 9.81. The Morgan fingerprint density at radius 1 is 0.690 bits per heavy atom. The summed E-state index contributed by atoms with van der Waals surface area (Å²) in [5.41, 5.74) is 9.87. The first kappa shape index (κ1) is 20.7. The molecule has 150 valence electrons. The summed E-state index contributed by atoms with van der Waals surface area (Å²) in [6.45, 7) is 12.0. The number of phenolic OH excluding ortho intramolecular Hbond substituents is 2. The second-order valence-electron chi connectivity index (χ2n) is 7.97. The molecule has 0 bridgehead atoms. The first-order valence-electron chi connectivity index (χ1n) is 9.81. The number of benzene rings is 3. The highest BCUT2D eigenvalue weighted by Crippen LogP contribution is 2.43. The fourth-order valence-corrected chi connectivity index (χ4v) is 4.29. The van der Waals surface area contributed by atoms with E-state index >= 15 is 0 Å². The van der Waals surface area contributed by atoms with Crippen LogP contribution in [0.2, 0.25) is 0 Å².